The predicted octanol–water partition coefficient (Wildman–Crippen LogP) is 1.50. The van der Waals surface area contributed by atoms with Crippen molar-refractivity contribution in [1.82, 2.24) is 4.90 Å². The lowest BCUT2D eigenvalue weighted by atomic mass is 10.2. The van der Waals surface area contributed by atoms with E-state index in [1.807, 2.05) is 4.90 Å². The van der Waals surface area contributed by atoms with Crippen LogP contribution in [-0.2, 0) is 4.79 Å². The maximum atomic E-state index is 12.0. The van der Waals surface area contributed by atoms with Crippen LogP contribution in [-0.4, -0.2) is 46.6 Å². The summed E-state index contributed by atoms with van der Waals surface area (Å²) in [5.41, 5.74) is 0. The standard InChI is InChI=1S/C11H21NO2S/c1-2-3-6-12(7-8-13)11(14)10-5-4-9-15-10/h10,13H,2-9H2,1H3. The molecule has 0 bridgehead atoms. The maximum absolute atomic E-state index is 12.0. The van der Waals surface area contributed by atoms with E-state index in [-0.39, 0.29) is 17.8 Å². The van der Waals surface area contributed by atoms with E-state index in [1.54, 1.807) is 11.8 Å². The van der Waals surface area contributed by atoms with Crippen molar-refractivity contribution in [3.63, 3.8) is 0 Å². The first-order valence-electron chi connectivity index (χ1n) is 5.80. The number of thioether (sulfide) groups is 1. The lowest BCUT2D eigenvalue weighted by molar-refractivity contribution is -0.131. The molecular formula is C11H21NO2S. The fourth-order valence-electron chi connectivity index (χ4n) is 1.78. The van der Waals surface area contributed by atoms with Gasteiger partial charge in [0.1, 0.15) is 0 Å². The van der Waals surface area contributed by atoms with Crippen molar-refractivity contribution < 1.29 is 9.90 Å². The molecule has 0 aromatic carbocycles. The molecule has 1 unspecified atom stereocenters. The van der Waals surface area contributed by atoms with Crippen LogP contribution in [0.15, 0.2) is 0 Å². The number of aliphatic hydroxyl groups is 1. The SMILES string of the molecule is CCCCN(CCO)C(=O)C1CCCS1. The Morgan fingerprint density at radius 2 is 2.33 bits per heavy atom. The summed E-state index contributed by atoms with van der Waals surface area (Å²) in [5, 5.41) is 9.09. The van der Waals surface area contributed by atoms with Crippen LogP contribution >= 0.6 is 11.8 Å². The van der Waals surface area contributed by atoms with E-state index in [0.717, 1.165) is 38.0 Å². The van der Waals surface area contributed by atoms with Gasteiger partial charge in [-0.25, -0.2) is 0 Å². The minimum Gasteiger partial charge on any atom is -0.395 e. The zero-order valence-corrected chi connectivity index (χ0v) is 10.3. The number of hydrogen-bond acceptors (Lipinski definition) is 3. The molecule has 0 spiro atoms. The Kier molecular flexibility index (Phi) is 6.10. The third-order valence-electron chi connectivity index (χ3n) is 2.67. The lowest BCUT2D eigenvalue weighted by Crippen LogP contribution is -2.39. The first kappa shape index (κ1) is 12.8. The number of aliphatic hydroxyl groups excluding tert-OH is 1. The molecule has 1 aliphatic rings. The second kappa shape index (κ2) is 7.12. The maximum Gasteiger partial charge on any atom is 0.235 e. The van der Waals surface area contributed by atoms with Crippen LogP contribution in [0.25, 0.3) is 0 Å². The van der Waals surface area contributed by atoms with Gasteiger partial charge in [-0.15, -0.1) is 11.8 Å². The fraction of sp³-hybridized carbons (Fsp3) is 0.909. The Labute approximate surface area is 96.2 Å². The number of nitrogens with zero attached hydrogens (tertiary/aromatic N) is 1. The van der Waals surface area contributed by atoms with Crippen molar-refractivity contribution in [1.29, 1.82) is 0 Å². The summed E-state index contributed by atoms with van der Waals surface area (Å²) in [6.45, 7) is 3.49. The quantitative estimate of drug-likeness (QED) is 0.753. The molecule has 1 rings (SSSR count). The highest BCUT2D eigenvalue weighted by atomic mass is 32.2. The van der Waals surface area contributed by atoms with Crippen LogP contribution in [0.1, 0.15) is 32.6 Å². The first-order chi connectivity index (χ1) is 7.29. The molecule has 1 amide bonds. The van der Waals surface area contributed by atoms with E-state index in [2.05, 4.69) is 6.92 Å². The fourth-order valence-corrected chi connectivity index (χ4v) is 3.02. The van der Waals surface area contributed by atoms with Crippen molar-refractivity contribution in [2.45, 2.75) is 37.9 Å². The molecule has 1 fully saturated rings. The number of unbranched alkanes of at least 4 members (excludes halogenated alkanes) is 1. The second-order valence-corrected chi connectivity index (χ2v) is 5.21. The van der Waals surface area contributed by atoms with E-state index >= 15 is 0 Å². The average Bonchev–Trinajstić information content (AvgIpc) is 2.76. The molecule has 1 saturated heterocycles. The predicted molar refractivity (Wildman–Crippen MR) is 64.1 cm³/mol. The van der Waals surface area contributed by atoms with Crippen LogP contribution in [0, 0.1) is 0 Å². The van der Waals surface area contributed by atoms with Crippen LogP contribution in [0.2, 0.25) is 0 Å². The summed E-state index contributed by atoms with van der Waals surface area (Å²) in [6.07, 6.45) is 4.29. The molecule has 1 N–H and O–H groups in total. The normalized spacial score (nSPS) is 20.5. The van der Waals surface area contributed by atoms with Gasteiger partial charge in [-0.3, -0.25) is 4.79 Å². The Morgan fingerprint density at radius 1 is 1.53 bits per heavy atom. The third kappa shape index (κ3) is 4.03. The van der Waals surface area contributed by atoms with Crippen LogP contribution in [0.4, 0.5) is 0 Å². The van der Waals surface area contributed by atoms with Crippen molar-refractivity contribution in [3.05, 3.63) is 0 Å². The molecule has 1 atom stereocenters. The summed E-state index contributed by atoms with van der Waals surface area (Å²) < 4.78 is 0. The Hall–Kier alpha value is -0.220. The van der Waals surface area contributed by atoms with Gasteiger partial charge >= 0.3 is 0 Å². The van der Waals surface area contributed by atoms with Gasteiger partial charge in [0.2, 0.25) is 5.91 Å². The smallest absolute Gasteiger partial charge is 0.235 e. The van der Waals surface area contributed by atoms with E-state index in [4.69, 9.17) is 5.11 Å². The Morgan fingerprint density at radius 3 is 2.87 bits per heavy atom. The summed E-state index contributed by atoms with van der Waals surface area (Å²) in [7, 11) is 0. The number of carbonyl (C=O) groups excluding carboxylic acids is 1. The van der Waals surface area contributed by atoms with Crippen molar-refractivity contribution >= 4 is 17.7 Å². The van der Waals surface area contributed by atoms with Crippen molar-refractivity contribution in [2.75, 3.05) is 25.4 Å². The minimum absolute atomic E-state index is 0.0762. The van der Waals surface area contributed by atoms with Crippen molar-refractivity contribution in [3.8, 4) is 0 Å². The number of rotatable bonds is 6. The molecule has 88 valence electrons. The van der Waals surface area contributed by atoms with Crippen LogP contribution in [0.5, 0.6) is 0 Å². The van der Waals surface area contributed by atoms with Gasteiger partial charge in [0, 0.05) is 13.1 Å². The Bertz CT molecular complexity index is 193. The van der Waals surface area contributed by atoms with Crippen LogP contribution < -0.4 is 0 Å². The van der Waals surface area contributed by atoms with Crippen molar-refractivity contribution in [2.24, 2.45) is 0 Å². The van der Waals surface area contributed by atoms with Gasteiger partial charge in [-0.2, -0.15) is 0 Å². The van der Waals surface area contributed by atoms with Gasteiger partial charge < -0.3 is 10.0 Å². The molecule has 0 radical (unpaired) electrons. The number of hydrogen-bond donors (Lipinski definition) is 1. The molecule has 0 saturated carbocycles. The number of amides is 1. The largest absolute Gasteiger partial charge is 0.395 e. The molecule has 3 nitrogen and oxygen atoms in total. The molecule has 0 aromatic rings. The topological polar surface area (TPSA) is 40.5 Å². The molecule has 15 heavy (non-hydrogen) atoms. The molecular weight excluding hydrogens is 210 g/mol. The average molecular weight is 231 g/mol. The third-order valence-corrected chi connectivity index (χ3v) is 4.03. The molecule has 0 aromatic heterocycles. The highest BCUT2D eigenvalue weighted by molar-refractivity contribution is 8.00. The molecule has 4 heteroatoms. The summed E-state index contributed by atoms with van der Waals surface area (Å²) in [6, 6.07) is 0. The van der Waals surface area contributed by atoms with Gasteiger partial charge in [0.15, 0.2) is 0 Å². The molecule has 1 heterocycles. The summed E-state index contributed by atoms with van der Waals surface area (Å²) >= 11 is 1.77. The first-order valence-corrected chi connectivity index (χ1v) is 6.85. The highest BCUT2D eigenvalue weighted by Gasteiger charge is 2.27. The van der Waals surface area contributed by atoms with E-state index in [0.29, 0.717) is 6.54 Å². The second-order valence-electron chi connectivity index (χ2n) is 3.90. The zero-order valence-electron chi connectivity index (χ0n) is 9.45. The summed E-state index contributed by atoms with van der Waals surface area (Å²) in [4.78, 5) is 13.9. The minimum atomic E-state index is 0.0762. The van der Waals surface area contributed by atoms with Crippen LogP contribution in [0.3, 0.4) is 0 Å². The molecule has 0 aliphatic carbocycles. The van der Waals surface area contributed by atoms with E-state index in [1.165, 1.54) is 0 Å². The van der Waals surface area contributed by atoms with Gasteiger partial charge in [-0.05, 0) is 25.0 Å². The summed E-state index contributed by atoms with van der Waals surface area (Å²) in [5.74, 6) is 1.34. The lowest BCUT2D eigenvalue weighted by Gasteiger charge is -2.24. The highest BCUT2D eigenvalue weighted by Crippen LogP contribution is 2.27. The van der Waals surface area contributed by atoms with Gasteiger partial charge in [0.05, 0.1) is 11.9 Å². The zero-order chi connectivity index (χ0) is 11.1. The monoisotopic (exact) mass is 231 g/mol. The number of carbonyl (C=O) groups is 1. The van der Waals surface area contributed by atoms with E-state index < -0.39 is 0 Å². The Balaban J connectivity index is 2.41. The molecule has 1 aliphatic heterocycles. The van der Waals surface area contributed by atoms with E-state index in [9.17, 15) is 4.79 Å². The van der Waals surface area contributed by atoms with Gasteiger partial charge in [-0.1, -0.05) is 13.3 Å². The van der Waals surface area contributed by atoms with Gasteiger partial charge in [0.25, 0.3) is 0 Å².